The average Bonchev–Trinajstić information content (AvgIpc) is 2.80. The summed E-state index contributed by atoms with van der Waals surface area (Å²) in [6.07, 6.45) is 1.50. The fourth-order valence-corrected chi connectivity index (χ4v) is 3.92. The van der Waals surface area contributed by atoms with Gasteiger partial charge in [0.25, 0.3) is 10.0 Å². The highest BCUT2D eigenvalue weighted by Gasteiger charge is 2.19. The molecule has 0 unspecified atom stereocenters. The molecule has 0 saturated heterocycles. The first-order valence-electron chi connectivity index (χ1n) is 10.2. The highest BCUT2D eigenvalue weighted by atomic mass is 32.2. The van der Waals surface area contributed by atoms with Crippen LogP contribution in [0.1, 0.15) is 13.8 Å². The highest BCUT2D eigenvalue weighted by molar-refractivity contribution is 7.92. The maximum atomic E-state index is 12.9. The lowest BCUT2D eigenvalue weighted by Gasteiger charge is -2.14. The molecule has 4 aromatic rings. The number of sulfonamides is 1. The molecule has 0 bridgehead atoms. The van der Waals surface area contributed by atoms with Crippen LogP contribution in [-0.4, -0.2) is 29.5 Å². The van der Waals surface area contributed by atoms with Crippen molar-refractivity contribution in [2.75, 3.05) is 4.72 Å². The van der Waals surface area contributed by atoms with Crippen LogP contribution in [0.4, 0.5) is 5.95 Å². The smallest absolute Gasteiger partial charge is 0.264 e. The van der Waals surface area contributed by atoms with E-state index in [9.17, 15) is 8.42 Å². The molecule has 168 valence electrons. The predicted octanol–water partition coefficient (Wildman–Crippen LogP) is 4.92. The van der Waals surface area contributed by atoms with E-state index in [0.29, 0.717) is 22.9 Å². The molecule has 2 aromatic heterocycles. The van der Waals surface area contributed by atoms with Crippen molar-refractivity contribution in [2.24, 2.45) is 0 Å². The highest BCUT2D eigenvalue weighted by Crippen LogP contribution is 2.31. The molecule has 33 heavy (non-hydrogen) atoms. The maximum Gasteiger partial charge on any atom is 0.264 e. The van der Waals surface area contributed by atoms with Crippen LogP contribution < -0.4 is 14.2 Å². The number of nitrogens with one attached hydrogen (secondary N) is 1. The van der Waals surface area contributed by atoms with Gasteiger partial charge in [0.05, 0.1) is 22.3 Å². The predicted molar refractivity (Wildman–Crippen MR) is 125 cm³/mol. The van der Waals surface area contributed by atoms with Crippen LogP contribution in [0.5, 0.6) is 17.5 Å². The maximum absolute atomic E-state index is 12.9. The second-order valence-corrected chi connectivity index (χ2v) is 8.95. The number of benzene rings is 2. The zero-order valence-electron chi connectivity index (χ0n) is 18.0. The first kappa shape index (κ1) is 22.2. The van der Waals surface area contributed by atoms with Gasteiger partial charge in [0.2, 0.25) is 17.7 Å². The van der Waals surface area contributed by atoms with Crippen LogP contribution >= 0.6 is 0 Å². The molecule has 0 atom stereocenters. The summed E-state index contributed by atoms with van der Waals surface area (Å²) in [4.78, 5) is 13.1. The van der Waals surface area contributed by atoms with E-state index in [0.717, 1.165) is 0 Å². The molecular formula is C24H22N4O4S. The summed E-state index contributed by atoms with van der Waals surface area (Å²) >= 11 is 0. The molecule has 0 saturated carbocycles. The summed E-state index contributed by atoms with van der Waals surface area (Å²) in [5.41, 5.74) is 0.970. The lowest BCUT2D eigenvalue weighted by molar-refractivity contribution is 0.234. The van der Waals surface area contributed by atoms with Gasteiger partial charge in [0.1, 0.15) is 5.75 Å². The van der Waals surface area contributed by atoms with Crippen LogP contribution in [0.15, 0.2) is 90.0 Å². The summed E-state index contributed by atoms with van der Waals surface area (Å²) < 4.78 is 39.9. The Bertz CT molecular complexity index is 1330. The van der Waals surface area contributed by atoms with E-state index < -0.39 is 10.0 Å². The molecule has 0 radical (unpaired) electrons. The number of ether oxygens (including phenoxy) is 2. The van der Waals surface area contributed by atoms with Crippen LogP contribution in [0, 0.1) is 0 Å². The van der Waals surface area contributed by atoms with Crippen LogP contribution in [0.3, 0.4) is 0 Å². The summed E-state index contributed by atoms with van der Waals surface area (Å²) in [6.45, 7) is 3.78. The van der Waals surface area contributed by atoms with E-state index in [1.807, 2.05) is 32.0 Å². The van der Waals surface area contributed by atoms with Crippen LogP contribution in [-0.2, 0) is 10.0 Å². The van der Waals surface area contributed by atoms with Crippen molar-refractivity contribution in [1.82, 2.24) is 15.0 Å². The Balaban J connectivity index is 1.78. The van der Waals surface area contributed by atoms with Gasteiger partial charge in [0, 0.05) is 12.3 Å². The van der Waals surface area contributed by atoms with Gasteiger partial charge in [0.15, 0.2) is 0 Å². The quantitative estimate of drug-likeness (QED) is 0.396. The Labute approximate surface area is 192 Å². The molecule has 8 nitrogen and oxygen atoms in total. The normalized spacial score (nSPS) is 11.2. The summed E-state index contributed by atoms with van der Waals surface area (Å²) in [7, 11) is -3.91. The zero-order chi connectivity index (χ0) is 23.3. The van der Waals surface area contributed by atoms with Gasteiger partial charge < -0.3 is 9.47 Å². The molecule has 4 rings (SSSR count). The summed E-state index contributed by atoms with van der Waals surface area (Å²) in [6, 6.07) is 22.2. The van der Waals surface area contributed by atoms with E-state index in [4.69, 9.17) is 9.47 Å². The standard InChI is InChI=1S/C24H22N4O4S/c1-17(2)31-23-20(14-9-15-25-23)21-16-22(32-18-10-5-3-6-11-18)27-24(26-21)28-33(29,30)19-12-7-4-8-13-19/h3-17H,1-2H3,(H,26,27,28). The lowest BCUT2D eigenvalue weighted by Crippen LogP contribution is -2.15. The lowest BCUT2D eigenvalue weighted by atomic mass is 10.2. The third kappa shape index (κ3) is 5.64. The zero-order valence-corrected chi connectivity index (χ0v) is 18.9. The van der Waals surface area contributed by atoms with Gasteiger partial charge in [-0.1, -0.05) is 36.4 Å². The average molecular weight is 463 g/mol. The van der Waals surface area contributed by atoms with Crippen molar-refractivity contribution in [3.05, 3.63) is 85.1 Å². The first-order valence-corrected chi connectivity index (χ1v) is 11.7. The van der Waals surface area contributed by atoms with Gasteiger partial charge >= 0.3 is 0 Å². The van der Waals surface area contributed by atoms with Crippen molar-refractivity contribution in [3.63, 3.8) is 0 Å². The second kappa shape index (κ2) is 9.66. The molecular weight excluding hydrogens is 440 g/mol. The van der Waals surface area contributed by atoms with Gasteiger partial charge in [-0.3, -0.25) is 0 Å². The minimum atomic E-state index is -3.91. The molecule has 9 heteroatoms. The fraction of sp³-hybridized carbons (Fsp3) is 0.125. The third-order valence-corrected chi connectivity index (χ3v) is 5.69. The van der Waals surface area contributed by atoms with Crippen molar-refractivity contribution in [1.29, 1.82) is 0 Å². The largest absolute Gasteiger partial charge is 0.474 e. The molecule has 0 aliphatic heterocycles. The molecule has 0 aliphatic carbocycles. The fourth-order valence-electron chi connectivity index (χ4n) is 2.95. The second-order valence-electron chi connectivity index (χ2n) is 7.27. The van der Waals surface area contributed by atoms with Crippen molar-refractivity contribution < 1.29 is 17.9 Å². The molecule has 0 amide bonds. The Morgan fingerprint density at radius 1 is 0.879 bits per heavy atom. The minimum absolute atomic E-state index is 0.0924. The summed E-state index contributed by atoms with van der Waals surface area (Å²) in [5.74, 6) is 0.940. The Morgan fingerprint density at radius 3 is 2.27 bits per heavy atom. The Hall–Kier alpha value is -3.98. The number of rotatable bonds is 8. The molecule has 2 aromatic carbocycles. The van der Waals surface area contributed by atoms with Gasteiger partial charge in [-0.05, 0) is 50.2 Å². The Morgan fingerprint density at radius 2 is 1.58 bits per heavy atom. The number of hydrogen-bond donors (Lipinski definition) is 1. The molecule has 0 aliphatic rings. The topological polar surface area (TPSA) is 103 Å². The number of anilines is 1. The first-order chi connectivity index (χ1) is 15.9. The number of nitrogens with zero attached hydrogens (tertiary/aromatic N) is 3. The van der Waals surface area contributed by atoms with Gasteiger partial charge in [-0.2, -0.15) is 4.98 Å². The minimum Gasteiger partial charge on any atom is -0.474 e. The molecule has 2 heterocycles. The van der Waals surface area contributed by atoms with Crippen molar-refractivity contribution in [3.8, 4) is 28.8 Å². The van der Waals surface area contributed by atoms with Gasteiger partial charge in [-0.15, -0.1) is 0 Å². The summed E-state index contributed by atoms with van der Waals surface area (Å²) in [5, 5.41) is 0. The number of hydrogen-bond acceptors (Lipinski definition) is 7. The van der Waals surface area contributed by atoms with E-state index in [2.05, 4.69) is 19.7 Å². The van der Waals surface area contributed by atoms with E-state index >= 15 is 0 Å². The molecule has 0 fully saturated rings. The molecule has 0 spiro atoms. The van der Waals surface area contributed by atoms with E-state index in [1.54, 1.807) is 54.7 Å². The SMILES string of the molecule is CC(C)Oc1ncccc1-c1cc(Oc2ccccc2)nc(NS(=O)(=O)c2ccccc2)n1. The van der Waals surface area contributed by atoms with Crippen molar-refractivity contribution >= 4 is 16.0 Å². The number of para-hydroxylation sites is 1. The third-order valence-electron chi connectivity index (χ3n) is 4.34. The van der Waals surface area contributed by atoms with Gasteiger partial charge in [-0.25, -0.2) is 23.1 Å². The monoisotopic (exact) mass is 462 g/mol. The molecule has 1 N–H and O–H groups in total. The number of pyridine rings is 1. The Kier molecular flexibility index (Phi) is 6.50. The van der Waals surface area contributed by atoms with Crippen LogP contribution in [0.25, 0.3) is 11.3 Å². The van der Waals surface area contributed by atoms with Crippen LogP contribution in [0.2, 0.25) is 0 Å². The van der Waals surface area contributed by atoms with Crippen molar-refractivity contribution in [2.45, 2.75) is 24.8 Å². The number of aromatic nitrogens is 3. The van der Waals surface area contributed by atoms with E-state index in [-0.39, 0.29) is 22.8 Å². The van der Waals surface area contributed by atoms with E-state index in [1.165, 1.54) is 12.1 Å².